The van der Waals surface area contributed by atoms with Crippen molar-refractivity contribution in [2.75, 3.05) is 31.6 Å². The van der Waals surface area contributed by atoms with Crippen molar-refractivity contribution in [1.82, 2.24) is 4.90 Å². The summed E-state index contributed by atoms with van der Waals surface area (Å²) in [5.74, 6) is 0.293. The fourth-order valence-corrected chi connectivity index (χ4v) is 1.97. The molecule has 0 spiro atoms. The molecule has 0 aromatic rings. The molecule has 0 rings (SSSR count). The molecule has 0 aromatic heterocycles. The van der Waals surface area contributed by atoms with Crippen molar-refractivity contribution in [3.05, 3.63) is 12.2 Å². The predicted octanol–water partition coefficient (Wildman–Crippen LogP) is 1.71. The van der Waals surface area contributed by atoms with Gasteiger partial charge in [0.25, 0.3) is 0 Å². The zero-order chi connectivity index (χ0) is 11.7. The van der Waals surface area contributed by atoms with Crippen molar-refractivity contribution in [3.63, 3.8) is 0 Å². The molecular weight excluding hydrogens is 210 g/mol. The fraction of sp³-hybridized carbons (Fsp3) is 0.818. The Bertz CT molecular complexity index is 270. The number of allylic oxidation sites excluding steroid dienone is 1. The Morgan fingerprint density at radius 3 is 2.33 bits per heavy atom. The van der Waals surface area contributed by atoms with Crippen LogP contribution in [0.2, 0.25) is 0 Å². The summed E-state index contributed by atoms with van der Waals surface area (Å²) < 4.78 is 21.9. The van der Waals surface area contributed by atoms with Crippen molar-refractivity contribution in [2.24, 2.45) is 0 Å². The van der Waals surface area contributed by atoms with Crippen LogP contribution in [0, 0.1) is 0 Å². The maximum absolute atomic E-state index is 10.9. The van der Waals surface area contributed by atoms with Crippen LogP contribution in [0.25, 0.3) is 0 Å². The van der Waals surface area contributed by atoms with Crippen LogP contribution in [0.15, 0.2) is 12.2 Å². The Hall–Kier alpha value is -0.350. The molecular formula is C11H23NO2S. The highest BCUT2D eigenvalue weighted by Crippen LogP contribution is 1.95. The van der Waals surface area contributed by atoms with Gasteiger partial charge in [0.05, 0.1) is 5.75 Å². The summed E-state index contributed by atoms with van der Waals surface area (Å²) in [7, 11) is -2.80. The van der Waals surface area contributed by atoms with Gasteiger partial charge in [-0.15, -0.1) is 0 Å². The van der Waals surface area contributed by atoms with Gasteiger partial charge in [0.1, 0.15) is 9.84 Å². The maximum atomic E-state index is 10.9. The van der Waals surface area contributed by atoms with Crippen LogP contribution in [0.5, 0.6) is 0 Å². The molecule has 0 aliphatic heterocycles. The lowest BCUT2D eigenvalue weighted by Gasteiger charge is -2.17. The van der Waals surface area contributed by atoms with E-state index in [1.165, 1.54) is 6.26 Å². The topological polar surface area (TPSA) is 37.4 Å². The van der Waals surface area contributed by atoms with Gasteiger partial charge >= 0.3 is 0 Å². The largest absolute Gasteiger partial charge is 0.300 e. The lowest BCUT2D eigenvalue weighted by atomic mass is 10.3. The smallest absolute Gasteiger partial charge is 0.147 e. The monoisotopic (exact) mass is 233 g/mol. The van der Waals surface area contributed by atoms with Crippen LogP contribution < -0.4 is 0 Å². The van der Waals surface area contributed by atoms with Crippen molar-refractivity contribution >= 4 is 9.84 Å². The molecule has 0 saturated heterocycles. The van der Waals surface area contributed by atoms with Crippen LogP contribution in [0.1, 0.15) is 26.7 Å². The molecule has 0 aliphatic carbocycles. The second-order valence-corrected chi connectivity index (χ2v) is 6.02. The molecule has 0 saturated carbocycles. The van der Waals surface area contributed by atoms with Gasteiger partial charge in [0, 0.05) is 12.8 Å². The fourth-order valence-electron chi connectivity index (χ4n) is 1.32. The van der Waals surface area contributed by atoms with Gasteiger partial charge < -0.3 is 0 Å². The number of hydrogen-bond acceptors (Lipinski definition) is 3. The summed E-state index contributed by atoms with van der Waals surface area (Å²) in [5, 5.41) is 0. The highest BCUT2D eigenvalue weighted by atomic mass is 32.2. The predicted molar refractivity (Wildman–Crippen MR) is 65.9 cm³/mol. The molecule has 15 heavy (non-hydrogen) atoms. The SMILES string of the molecule is CC/C=C/CN(CC)CCCS(C)(=O)=O. The molecule has 3 nitrogen and oxygen atoms in total. The third-order valence-electron chi connectivity index (χ3n) is 2.20. The third-order valence-corrected chi connectivity index (χ3v) is 3.23. The van der Waals surface area contributed by atoms with Crippen LogP contribution in [-0.4, -0.2) is 45.0 Å². The average molecular weight is 233 g/mol. The van der Waals surface area contributed by atoms with Crippen molar-refractivity contribution in [2.45, 2.75) is 26.7 Å². The zero-order valence-electron chi connectivity index (χ0n) is 10.1. The molecule has 0 radical (unpaired) electrons. The number of hydrogen-bond donors (Lipinski definition) is 0. The normalized spacial score (nSPS) is 12.8. The van der Waals surface area contributed by atoms with Gasteiger partial charge in [-0.2, -0.15) is 0 Å². The number of likely N-dealkylation sites (N-methyl/N-ethyl adjacent to an activating group) is 1. The van der Waals surface area contributed by atoms with Crippen molar-refractivity contribution < 1.29 is 8.42 Å². The molecule has 0 N–H and O–H groups in total. The van der Waals surface area contributed by atoms with E-state index in [0.29, 0.717) is 5.75 Å². The van der Waals surface area contributed by atoms with E-state index in [4.69, 9.17) is 0 Å². The van der Waals surface area contributed by atoms with Gasteiger partial charge in [-0.1, -0.05) is 26.0 Å². The van der Waals surface area contributed by atoms with Crippen LogP contribution in [-0.2, 0) is 9.84 Å². The first kappa shape index (κ1) is 14.6. The Morgan fingerprint density at radius 1 is 1.20 bits per heavy atom. The third kappa shape index (κ3) is 9.94. The van der Waals surface area contributed by atoms with Crippen LogP contribution >= 0.6 is 0 Å². The lowest BCUT2D eigenvalue weighted by Crippen LogP contribution is -2.26. The number of sulfone groups is 1. The van der Waals surface area contributed by atoms with Gasteiger partial charge in [-0.25, -0.2) is 8.42 Å². The van der Waals surface area contributed by atoms with E-state index in [1.807, 2.05) is 0 Å². The molecule has 90 valence electrons. The minimum absolute atomic E-state index is 0.293. The van der Waals surface area contributed by atoms with E-state index in [1.54, 1.807) is 0 Å². The molecule has 4 heteroatoms. The molecule has 0 unspecified atom stereocenters. The number of nitrogens with zero attached hydrogens (tertiary/aromatic N) is 1. The molecule has 0 aromatic carbocycles. The van der Waals surface area contributed by atoms with Crippen LogP contribution in [0.3, 0.4) is 0 Å². The first-order valence-corrected chi connectivity index (χ1v) is 7.60. The molecule has 0 amide bonds. The summed E-state index contributed by atoms with van der Waals surface area (Å²) in [4.78, 5) is 2.25. The van der Waals surface area contributed by atoms with Crippen LogP contribution in [0.4, 0.5) is 0 Å². The van der Waals surface area contributed by atoms with E-state index in [0.717, 1.165) is 32.5 Å². The van der Waals surface area contributed by atoms with E-state index in [2.05, 4.69) is 30.9 Å². The second-order valence-electron chi connectivity index (χ2n) is 3.76. The minimum atomic E-state index is -2.80. The molecule has 0 atom stereocenters. The Labute approximate surface area is 94.1 Å². The van der Waals surface area contributed by atoms with E-state index in [-0.39, 0.29) is 0 Å². The summed E-state index contributed by atoms with van der Waals surface area (Å²) in [6.07, 6.45) is 7.36. The minimum Gasteiger partial charge on any atom is -0.300 e. The summed E-state index contributed by atoms with van der Waals surface area (Å²) in [6.45, 7) is 6.96. The average Bonchev–Trinajstić information content (AvgIpc) is 2.14. The van der Waals surface area contributed by atoms with Gasteiger partial charge in [-0.05, 0) is 25.9 Å². The summed E-state index contributed by atoms with van der Waals surface area (Å²) >= 11 is 0. The molecule has 0 bridgehead atoms. The maximum Gasteiger partial charge on any atom is 0.147 e. The first-order valence-electron chi connectivity index (χ1n) is 5.54. The Morgan fingerprint density at radius 2 is 1.87 bits per heavy atom. The van der Waals surface area contributed by atoms with Gasteiger partial charge in [-0.3, -0.25) is 4.90 Å². The summed E-state index contributed by atoms with van der Waals surface area (Å²) in [5.41, 5.74) is 0. The number of rotatable bonds is 8. The molecule has 0 fully saturated rings. The molecule has 0 heterocycles. The molecule has 0 aliphatic rings. The quantitative estimate of drug-likeness (QED) is 0.599. The van der Waals surface area contributed by atoms with E-state index < -0.39 is 9.84 Å². The van der Waals surface area contributed by atoms with E-state index >= 15 is 0 Å². The van der Waals surface area contributed by atoms with Crippen molar-refractivity contribution in [3.8, 4) is 0 Å². The standard InChI is InChI=1S/C11H23NO2S/c1-4-6-7-9-12(5-2)10-8-11-15(3,13)14/h6-7H,4-5,8-11H2,1-3H3/b7-6+. The van der Waals surface area contributed by atoms with E-state index in [9.17, 15) is 8.42 Å². The second kappa shape index (κ2) is 7.88. The van der Waals surface area contributed by atoms with Gasteiger partial charge in [0.15, 0.2) is 0 Å². The Kier molecular flexibility index (Phi) is 7.70. The highest BCUT2D eigenvalue weighted by molar-refractivity contribution is 7.90. The lowest BCUT2D eigenvalue weighted by molar-refractivity contribution is 0.320. The zero-order valence-corrected chi connectivity index (χ0v) is 10.9. The Balaban J connectivity index is 3.75. The highest BCUT2D eigenvalue weighted by Gasteiger charge is 2.04. The van der Waals surface area contributed by atoms with Crippen molar-refractivity contribution in [1.29, 1.82) is 0 Å². The van der Waals surface area contributed by atoms with Gasteiger partial charge in [0.2, 0.25) is 0 Å². The first-order chi connectivity index (χ1) is 6.99. The summed E-state index contributed by atoms with van der Waals surface area (Å²) in [6, 6.07) is 0.